The van der Waals surface area contributed by atoms with Gasteiger partial charge in [0.2, 0.25) is 0 Å². The molecule has 2 heteroatoms. The van der Waals surface area contributed by atoms with Gasteiger partial charge in [-0.2, -0.15) is 0 Å². The molecule has 100 valence electrons. The van der Waals surface area contributed by atoms with Crippen molar-refractivity contribution in [2.45, 2.75) is 24.6 Å². The number of aryl methyl sites for hydroxylation is 1. The lowest BCUT2D eigenvalue weighted by atomic mass is 10.0. The fraction of sp³-hybridized carbons (Fsp3) is 0.294. The van der Waals surface area contributed by atoms with Crippen LogP contribution in [-0.2, 0) is 6.42 Å². The van der Waals surface area contributed by atoms with Crippen LogP contribution >= 0.6 is 15.9 Å². The smallest absolute Gasteiger partial charge is 0.122 e. The van der Waals surface area contributed by atoms with Gasteiger partial charge in [0, 0.05) is 4.83 Å². The van der Waals surface area contributed by atoms with Crippen molar-refractivity contribution in [3.63, 3.8) is 0 Å². The Bertz CT molecular complexity index is 496. The van der Waals surface area contributed by atoms with Crippen LogP contribution in [0.25, 0.3) is 0 Å². The lowest BCUT2D eigenvalue weighted by Gasteiger charge is -2.13. The largest absolute Gasteiger partial charge is 0.494 e. The maximum Gasteiger partial charge on any atom is 0.122 e. The van der Waals surface area contributed by atoms with E-state index in [1.165, 1.54) is 11.1 Å². The average Bonchev–Trinajstić information content (AvgIpc) is 2.47. The molecule has 0 N–H and O–H groups in total. The van der Waals surface area contributed by atoms with Crippen LogP contribution in [0.2, 0.25) is 0 Å². The monoisotopic (exact) mass is 318 g/mol. The molecule has 1 atom stereocenters. The van der Waals surface area contributed by atoms with E-state index in [1.54, 1.807) is 0 Å². The molecule has 0 heterocycles. The van der Waals surface area contributed by atoms with Crippen molar-refractivity contribution in [1.82, 2.24) is 0 Å². The molecule has 0 spiro atoms. The lowest BCUT2D eigenvalue weighted by molar-refractivity contribution is 0.336. The van der Waals surface area contributed by atoms with Gasteiger partial charge in [-0.1, -0.05) is 64.5 Å². The SMILES string of the molecule is CCOc1ccccc1CCC(Br)c1ccccc1. The lowest BCUT2D eigenvalue weighted by Crippen LogP contribution is -1.98. The second-order valence-corrected chi connectivity index (χ2v) is 5.56. The van der Waals surface area contributed by atoms with Crippen LogP contribution in [0.3, 0.4) is 0 Å². The number of alkyl halides is 1. The highest BCUT2D eigenvalue weighted by Gasteiger charge is 2.09. The van der Waals surface area contributed by atoms with Crippen LogP contribution < -0.4 is 4.74 Å². The van der Waals surface area contributed by atoms with Crippen LogP contribution in [0.1, 0.15) is 29.3 Å². The predicted octanol–water partition coefficient (Wildman–Crippen LogP) is 5.15. The number of hydrogen-bond acceptors (Lipinski definition) is 1. The zero-order chi connectivity index (χ0) is 13.5. The first-order valence-corrected chi connectivity index (χ1v) is 7.62. The van der Waals surface area contributed by atoms with E-state index in [0.717, 1.165) is 18.6 Å². The minimum absolute atomic E-state index is 0.392. The Morgan fingerprint density at radius 3 is 2.42 bits per heavy atom. The molecule has 0 fully saturated rings. The van der Waals surface area contributed by atoms with Gasteiger partial charge < -0.3 is 4.74 Å². The quantitative estimate of drug-likeness (QED) is 0.669. The minimum Gasteiger partial charge on any atom is -0.494 e. The molecular weight excluding hydrogens is 300 g/mol. The third-order valence-electron chi connectivity index (χ3n) is 3.10. The van der Waals surface area contributed by atoms with Crippen LogP contribution in [0.5, 0.6) is 5.75 Å². The number of halogens is 1. The predicted molar refractivity (Wildman–Crippen MR) is 84.0 cm³/mol. The van der Waals surface area contributed by atoms with E-state index < -0.39 is 0 Å². The molecule has 2 rings (SSSR count). The van der Waals surface area contributed by atoms with E-state index in [9.17, 15) is 0 Å². The Hall–Kier alpha value is -1.28. The van der Waals surface area contributed by atoms with Gasteiger partial charge >= 0.3 is 0 Å². The number of ether oxygens (including phenoxy) is 1. The third kappa shape index (κ3) is 4.10. The van der Waals surface area contributed by atoms with Crippen LogP contribution in [0.15, 0.2) is 54.6 Å². The molecule has 0 aliphatic carbocycles. The van der Waals surface area contributed by atoms with E-state index in [1.807, 2.05) is 25.1 Å². The molecule has 2 aromatic carbocycles. The van der Waals surface area contributed by atoms with Crippen molar-refractivity contribution >= 4 is 15.9 Å². The standard InChI is InChI=1S/C17H19BrO/c1-2-19-17-11-7-6-10-15(17)12-13-16(18)14-8-4-3-5-9-14/h3-11,16H,2,12-13H2,1H3. The summed E-state index contributed by atoms with van der Waals surface area (Å²) >= 11 is 3.77. The second-order valence-electron chi connectivity index (χ2n) is 4.46. The first kappa shape index (κ1) is 14.1. The molecule has 0 bridgehead atoms. The van der Waals surface area contributed by atoms with Gasteiger partial charge in [-0.15, -0.1) is 0 Å². The van der Waals surface area contributed by atoms with Crippen molar-refractivity contribution in [3.05, 3.63) is 65.7 Å². The Morgan fingerprint density at radius 1 is 1.00 bits per heavy atom. The summed E-state index contributed by atoms with van der Waals surface area (Å²) in [5.41, 5.74) is 2.61. The summed E-state index contributed by atoms with van der Waals surface area (Å²) in [6.07, 6.45) is 2.08. The van der Waals surface area contributed by atoms with E-state index in [4.69, 9.17) is 4.74 Å². The summed E-state index contributed by atoms with van der Waals surface area (Å²) in [6.45, 7) is 2.74. The molecule has 0 saturated carbocycles. The zero-order valence-electron chi connectivity index (χ0n) is 11.2. The first-order chi connectivity index (χ1) is 9.31. The first-order valence-electron chi connectivity index (χ1n) is 6.71. The number of para-hydroxylation sites is 1. The Kier molecular flexibility index (Phi) is 5.46. The molecule has 19 heavy (non-hydrogen) atoms. The molecule has 1 nitrogen and oxygen atoms in total. The average molecular weight is 319 g/mol. The zero-order valence-corrected chi connectivity index (χ0v) is 12.8. The molecule has 2 aromatic rings. The molecule has 0 radical (unpaired) electrons. The van der Waals surface area contributed by atoms with Gasteiger partial charge in [-0.05, 0) is 37.0 Å². The molecule has 0 amide bonds. The molecule has 0 aliphatic heterocycles. The van der Waals surface area contributed by atoms with Gasteiger partial charge in [0.15, 0.2) is 0 Å². The number of hydrogen-bond donors (Lipinski definition) is 0. The van der Waals surface area contributed by atoms with Gasteiger partial charge in [0.25, 0.3) is 0 Å². The molecule has 1 unspecified atom stereocenters. The summed E-state index contributed by atoms with van der Waals surface area (Å²) in [6, 6.07) is 18.8. The Morgan fingerprint density at radius 2 is 1.68 bits per heavy atom. The Labute approximate surface area is 123 Å². The third-order valence-corrected chi connectivity index (χ3v) is 4.09. The Balaban J connectivity index is 1.99. The van der Waals surface area contributed by atoms with Gasteiger partial charge in [0.1, 0.15) is 5.75 Å². The number of rotatable bonds is 6. The van der Waals surface area contributed by atoms with E-state index >= 15 is 0 Å². The van der Waals surface area contributed by atoms with Gasteiger partial charge in [-0.3, -0.25) is 0 Å². The van der Waals surface area contributed by atoms with Gasteiger partial charge in [0.05, 0.1) is 6.61 Å². The molecular formula is C17H19BrO. The van der Waals surface area contributed by atoms with Crippen molar-refractivity contribution < 1.29 is 4.74 Å². The van der Waals surface area contributed by atoms with Crippen LogP contribution in [0.4, 0.5) is 0 Å². The summed E-state index contributed by atoms with van der Waals surface area (Å²) in [5, 5.41) is 0. The maximum absolute atomic E-state index is 5.66. The van der Waals surface area contributed by atoms with E-state index in [-0.39, 0.29) is 0 Å². The van der Waals surface area contributed by atoms with Crippen molar-refractivity contribution in [1.29, 1.82) is 0 Å². The summed E-state index contributed by atoms with van der Waals surface area (Å²) in [7, 11) is 0. The maximum atomic E-state index is 5.66. The van der Waals surface area contributed by atoms with Gasteiger partial charge in [-0.25, -0.2) is 0 Å². The number of benzene rings is 2. The van der Waals surface area contributed by atoms with Crippen LogP contribution in [-0.4, -0.2) is 6.61 Å². The highest BCUT2D eigenvalue weighted by Crippen LogP contribution is 2.29. The summed E-state index contributed by atoms with van der Waals surface area (Å²) < 4.78 is 5.66. The van der Waals surface area contributed by atoms with Crippen molar-refractivity contribution in [3.8, 4) is 5.75 Å². The molecule has 0 aliphatic rings. The topological polar surface area (TPSA) is 9.23 Å². The van der Waals surface area contributed by atoms with Crippen molar-refractivity contribution in [2.24, 2.45) is 0 Å². The van der Waals surface area contributed by atoms with Crippen LogP contribution in [0, 0.1) is 0 Å². The second kappa shape index (κ2) is 7.34. The highest BCUT2D eigenvalue weighted by atomic mass is 79.9. The summed E-state index contributed by atoms with van der Waals surface area (Å²) in [4.78, 5) is 0.392. The fourth-order valence-corrected chi connectivity index (χ4v) is 2.65. The minimum atomic E-state index is 0.392. The fourth-order valence-electron chi connectivity index (χ4n) is 2.12. The normalized spacial score (nSPS) is 12.1. The highest BCUT2D eigenvalue weighted by molar-refractivity contribution is 9.09. The molecule has 0 saturated heterocycles. The molecule has 0 aromatic heterocycles. The van der Waals surface area contributed by atoms with E-state index in [2.05, 4.69) is 52.3 Å². The summed E-state index contributed by atoms with van der Waals surface area (Å²) in [5.74, 6) is 1.01. The van der Waals surface area contributed by atoms with Crippen molar-refractivity contribution in [2.75, 3.05) is 6.61 Å². The van der Waals surface area contributed by atoms with E-state index in [0.29, 0.717) is 11.4 Å².